The van der Waals surface area contributed by atoms with Gasteiger partial charge in [0, 0.05) is 88.8 Å². The summed E-state index contributed by atoms with van der Waals surface area (Å²) in [7, 11) is 3.13. The number of aromatic nitrogens is 2. The number of phenols is 1. The standard InChI is InChI=1S/C22H28N4O5.C8H9NO3.Fe/c1-3-15(14-16-6-4-5-7-17(16)27)22(31)26(12-9-23)13-10-24-21(30)19-20(29)18(28)8-11-25(19)2;1-5(10)7-8(12)6(11)3-4-9(7)2;/h3-8,11,15,27,29H,1,9-10,12-14,23H2,2H3,(H,24,30);3-4,12H,1-2H3;. The van der Waals surface area contributed by atoms with Gasteiger partial charge in [0.25, 0.3) is 5.91 Å². The zero-order valence-electron chi connectivity index (χ0n) is 24.7. The number of rotatable bonds is 11. The van der Waals surface area contributed by atoms with Gasteiger partial charge in [0.05, 0.1) is 5.92 Å². The van der Waals surface area contributed by atoms with E-state index in [0.717, 1.165) is 6.07 Å². The van der Waals surface area contributed by atoms with E-state index in [4.69, 9.17) is 5.73 Å². The molecular weight excluding hydrogens is 614 g/mol. The van der Waals surface area contributed by atoms with Gasteiger partial charge in [-0.05, 0) is 18.1 Å². The molecule has 3 aromatic rings. The number of aryl methyl sites for hydroxylation is 2. The summed E-state index contributed by atoms with van der Waals surface area (Å²) in [6, 6.07) is 9.14. The maximum absolute atomic E-state index is 13.0. The molecular formula is C30H37FeN5O8. The first-order chi connectivity index (χ1) is 20.3. The van der Waals surface area contributed by atoms with Crippen LogP contribution in [-0.4, -0.2) is 73.1 Å². The summed E-state index contributed by atoms with van der Waals surface area (Å²) in [5.41, 5.74) is 4.98. The largest absolute Gasteiger partial charge is 0.508 e. The minimum absolute atomic E-state index is 0. The Labute approximate surface area is 264 Å². The van der Waals surface area contributed by atoms with Gasteiger partial charge in [0.15, 0.2) is 23.0 Å². The van der Waals surface area contributed by atoms with Gasteiger partial charge in [-0.3, -0.25) is 24.0 Å². The van der Waals surface area contributed by atoms with E-state index in [1.165, 1.54) is 52.5 Å². The Morgan fingerprint density at radius 2 is 1.50 bits per heavy atom. The average Bonchev–Trinajstić information content (AvgIpc) is 2.96. The predicted octanol–water partition coefficient (Wildman–Crippen LogP) is 0.650. The van der Waals surface area contributed by atoms with E-state index in [1.807, 2.05) is 0 Å². The number of phenolic OH excluding ortho intramolecular Hbond substituents is 1. The van der Waals surface area contributed by atoms with Crippen LogP contribution in [0.5, 0.6) is 17.2 Å². The molecule has 0 aliphatic rings. The second-order valence-corrected chi connectivity index (χ2v) is 9.58. The number of benzene rings is 1. The molecule has 14 heteroatoms. The zero-order valence-corrected chi connectivity index (χ0v) is 25.8. The van der Waals surface area contributed by atoms with E-state index in [2.05, 4.69) is 11.9 Å². The number of nitrogens with two attached hydrogens (primary N) is 1. The number of hydrogen-bond acceptors (Lipinski definition) is 9. The number of aromatic hydroxyl groups is 3. The van der Waals surface area contributed by atoms with Crippen LogP contribution in [0.25, 0.3) is 0 Å². The third-order valence-electron chi connectivity index (χ3n) is 6.48. The predicted molar refractivity (Wildman–Crippen MR) is 160 cm³/mol. The molecule has 238 valence electrons. The summed E-state index contributed by atoms with van der Waals surface area (Å²) >= 11 is 0. The van der Waals surface area contributed by atoms with Crippen LogP contribution in [-0.2, 0) is 42.4 Å². The molecule has 2 amide bonds. The van der Waals surface area contributed by atoms with Gasteiger partial charge in [-0.2, -0.15) is 0 Å². The van der Waals surface area contributed by atoms with E-state index in [0.29, 0.717) is 5.56 Å². The zero-order chi connectivity index (χ0) is 32.3. The van der Waals surface area contributed by atoms with E-state index < -0.39 is 34.2 Å². The Hall–Kier alpha value is -4.65. The third-order valence-corrected chi connectivity index (χ3v) is 6.48. The fraction of sp³-hybridized carbons (Fsp3) is 0.300. The Morgan fingerprint density at radius 1 is 0.955 bits per heavy atom. The van der Waals surface area contributed by atoms with Crippen LogP contribution in [0, 0.1) is 5.92 Å². The van der Waals surface area contributed by atoms with Crippen LogP contribution in [0.15, 0.2) is 71.0 Å². The smallest absolute Gasteiger partial charge is 0.271 e. The Kier molecular flexibility index (Phi) is 14.8. The monoisotopic (exact) mass is 651 g/mol. The van der Waals surface area contributed by atoms with Crippen LogP contribution in [0.1, 0.15) is 33.5 Å². The number of nitrogens with one attached hydrogen (secondary N) is 1. The van der Waals surface area contributed by atoms with Crippen molar-refractivity contribution in [2.45, 2.75) is 13.3 Å². The van der Waals surface area contributed by atoms with E-state index in [-0.39, 0.29) is 78.5 Å². The molecule has 44 heavy (non-hydrogen) atoms. The first kappa shape index (κ1) is 37.4. The fourth-order valence-electron chi connectivity index (χ4n) is 4.22. The fourth-order valence-corrected chi connectivity index (χ4v) is 4.22. The molecule has 13 nitrogen and oxygen atoms in total. The van der Waals surface area contributed by atoms with Crippen LogP contribution >= 0.6 is 0 Å². The number of hydrogen-bond donors (Lipinski definition) is 5. The van der Waals surface area contributed by atoms with Gasteiger partial charge in [0.2, 0.25) is 16.8 Å². The summed E-state index contributed by atoms with van der Waals surface area (Å²) in [5.74, 6) is -2.77. The second-order valence-electron chi connectivity index (χ2n) is 9.58. The van der Waals surface area contributed by atoms with Gasteiger partial charge in [-0.25, -0.2) is 0 Å². The number of carbonyl (C=O) groups excluding carboxylic acids is 3. The van der Waals surface area contributed by atoms with Gasteiger partial charge >= 0.3 is 0 Å². The normalized spacial score (nSPS) is 10.8. The Morgan fingerprint density at radius 3 is 2.00 bits per heavy atom. The molecule has 1 aromatic carbocycles. The SMILES string of the molecule is C=CC(Cc1ccccc1O)C(=O)N(CCN)CCNC(=O)c1c(O)c(=O)ccn1C.CC(=O)c1c(O)c(=O)ccn1C.[Fe]. The van der Waals surface area contributed by atoms with Crippen LogP contribution in [0.2, 0.25) is 0 Å². The number of nitrogens with zero attached hydrogens (tertiary/aromatic N) is 3. The number of Topliss-reactive ketones (excluding diaryl/α,β-unsaturated/α-hetero) is 1. The number of ketones is 1. The van der Waals surface area contributed by atoms with Crippen molar-refractivity contribution in [1.29, 1.82) is 0 Å². The molecule has 0 spiro atoms. The van der Waals surface area contributed by atoms with Crippen LogP contribution in [0.4, 0.5) is 0 Å². The van der Waals surface area contributed by atoms with Gasteiger partial charge in [-0.15, -0.1) is 6.58 Å². The molecule has 0 aliphatic carbocycles. The summed E-state index contributed by atoms with van der Waals surface area (Å²) in [5, 5.41) is 31.7. The first-order valence-electron chi connectivity index (χ1n) is 13.3. The number of pyridine rings is 2. The molecule has 1 atom stereocenters. The molecule has 0 bridgehead atoms. The van der Waals surface area contributed by atoms with Crippen molar-refractivity contribution >= 4 is 17.6 Å². The van der Waals surface area contributed by atoms with Gasteiger partial charge in [-0.1, -0.05) is 24.3 Å². The van der Waals surface area contributed by atoms with E-state index >= 15 is 0 Å². The quantitative estimate of drug-likeness (QED) is 0.112. The summed E-state index contributed by atoms with van der Waals surface area (Å²) < 4.78 is 2.76. The number of carbonyl (C=O) groups is 3. The molecule has 0 aliphatic heterocycles. The summed E-state index contributed by atoms with van der Waals surface area (Å²) in [4.78, 5) is 60.3. The topological polar surface area (TPSA) is 197 Å². The van der Waals surface area contributed by atoms with E-state index in [1.54, 1.807) is 31.3 Å². The average molecular weight is 651 g/mol. The number of amides is 2. The molecule has 3 rings (SSSR count). The minimum Gasteiger partial charge on any atom is -0.508 e. The van der Waals surface area contributed by atoms with Crippen LogP contribution < -0.4 is 21.9 Å². The molecule has 0 saturated carbocycles. The molecule has 0 radical (unpaired) electrons. The molecule has 2 heterocycles. The van der Waals surface area contributed by atoms with Crippen molar-refractivity contribution in [3.05, 3.63) is 98.8 Å². The Balaban J connectivity index is 0.000000624. The molecule has 6 N–H and O–H groups in total. The maximum atomic E-state index is 13.0. The molecule has 0 fully saturated rings. The first-order valence-corrected chi connectivity index (χ1v) is 13.3. The second kappa shape index (κ2) is 17.5. The maximum Gasteiger partial charge on any atom is 0.271 e. The van der Waals surface area contributed by atoms with Crippen molar-refractivity contribution in [3.8, 4) is 17.2 Å². The van der Waals surface area contributed by atoms with Gasteiger partial charge in [0.1, 0.15) is 11.4 Å². The third kappa shape index (κ3) is 9.69. The summed E-state index contributed by atoms with van der Waals surface area (Å²) in [6.45, 7) is 5.80. The van der Waals surface area contributed by atoms with Crippen molar-refractivity contribution in [3.63, 3.8) is 0 Å². The molecule has 1 unspecified atom stereocenters. The minimum atomic E-state index is -0.652. The van der Waals surface area contributed by atoms with Gasteiger partial charge < -0.3 is 40.4 Å². The van der Waals surface area contributed by atoms with Crippen LogP contribution in [0.3, 0.4) is 0 Å². The van der Waals surface area contributed by atoms with E-state index in [9.17, 15) is 39.3 Å². The van der Waals surface area contributed by atoms with Crippen molar-refractivity contribution < 1.29 is 46.8 Å². The van der Waals surface area contributed by atoms with Crippen molar-refractivity contribution in [1.82, 2.24) is 19.4 Å². The Bertz CT molecular complexity index is 1600. The molecule has 2 aromatic heterocycles. The van der Waals surface area contributed by atoms with Crippen molar-refractivity contribution in [2.75, 3.05) is 26.2 Å². The van der Waals surface area contributed by atoms with Crippen molar-refractivity contribution in [2.24, 2.45) is 25.7 Å². The number of para-hydroxylation sites is 1. The molecule has 0 saturated heterocycles. The summed E-state index contributed by atoms with van der Waals surface area (Å²) in [6.07, 6.45) is 4.63.